The minimum atomic E-state index is -0.787. The molecule has 0 amide bonds. The smallest absolute Gasteiger partial charge is 0.317 e. The zero-order chi connectivity index (χ0) is 14.8. The summed E-state index contributed by atoms with van der Waals surface area (Å²) in [6.07, 6.45) is 0. The predicted octanol–water partition coefficient (Wildman–Crippen LogP) is -1.06. The molecule has 0 radical (unpaired) electrons. The van der Waals surface area contributed by atoms with E-state index in [9.17, 15) is 9.90 Å². The van der Waals surface area contributed by atoms with Gasteiger partial charge in [-0.1, -0.05) is 6.58 Å². The standard InChI is InChI=1S/C13H26N4O3/c1-12(18)10-16-6-2-14-4-8-17(11-13(19)20)9-5-15-3-7-16/h14-15,18H,1-11H2,(H,19,20). The van der Waals surface area contributed by atoms with Crippen LogP contribution in [0, 0.1) is 0 Å². The lowest BCUT2D eigenvalue weighted by molar-refractivity contribution is -0.138. The molecule has 0 saturated carbocycles. The Labute approximate surface area is 120 Å². The van der Waals surface area contributed by atoms with Gasteiger partial charge in [-0.05, 0) is 0 Å². The summed E-state index contributed by atoms with van der Waals surface area (Å²) >= 11 is 0. The van der Waals surface area contributed by atoms with Crippen molar-refractivity contribution in [2.75, 3.05) is 65.4 Å². The van der Waals surface area contributed by atoms with Crippen LogP contribution in [-0.4, -0.2) is 91.4 Å². The third-order valence-electron chi connectivity index (χ3n) is 3.18. The molecular formula is C13H26N4O3. The molecule has 1 aliphatic heterocycles. The van der Waals surface area contributed by atoms with Crippen LogP contribution in [0.2, 0.25) is 0 Å². The molecule has 1 saturated heterocycles. The maximum absolute atomic E-state index is 10.8. The lowest BCUT2D eigenvalue weighted by atomic mass is 10.3. The minimum Gasteiger partial charge on any atom is -0.512 e. The van der Waals surface area contributed by atoms with Gasteiger partial charge in [0, 0.05) is 52.4 Å². The summed E-state index contributed by atoms with van der Waals surface area (Å²) in [6, 6.07) is 0. The average molecular weight is 286 g/mol. The van der Waals surface area contributed by atoms with Crippen molar-refractivity contribution < 1.29 is 15.0 Å². The van der Waals surface area contributed by atoms with Gasteiger partial charge in [0.05, 0.1) is 18.8 Å². The fourth-order valence-corrected chi connectivity index (χ4v) is 2.19. The number of carboxylic acid groups (broad SMARTS) is 1. The van der Waals surface area contributed by atoms with E-state index in [1.807, 2.05) is 4.90 Å². The summed E-state index contributed by atoms with van der Waals surface area (Å²) in [5, 5.41) is 24.7. The number of aliphatic hydroxyl groups excluding tert-OH is 1. The number of rotatable bonds is 4. The molecular weight excluding hydrogens is 260 g/mol. The molecule has 7 nitrogen and oxygen atoms in total. The Kier molecular flexibility index (Phi) is 8.20. The Hall–Kier alpha value is -1.15. The summed E-state index contributed by atoms with van der Waals surface area (Å²) in [5.74, 6) is -0.602. The summed E-state index contributed by atoms with van der Waals surface area (Å²) < 4.78 is 0. The molecule has 1 fully saturated rings. The Morgan fingerprint density at radius 3 is 1.65 bits per heavy atom. The van der Waals surface area contributed by atoms with Crippen molar-refractivity contribution in [2.24, 2.45) is 0 Å². The van der Waals surface area contributed by atoms with Crippen molar-refractivity contribution in [1.82, 2.24) is 20.4 Å². The Morgan fingerprint density at radius 1 is 0.900 bits per heavy atom. The maximum Gasteiger partial charge on any atom is 0.317 e. The molecule has 0 bridgehead atoms. The van der Waals surface area contributed by atoms with Gasteiger partial charge in [-0.15, -0.1) is 0 Å². The molecule has 0 spiro atoms. The van der Waals surface area contributed by atoms with Crippen molar-refractivity contribution in [3.63, 3.8) is 0 Å². The van der Waals surface area contributed by atoms with Gasteiger partial charge in [-0.2, -0.15) is 0 Å². The molecule has 0 aromatic heterocycles. The second kappa shape index (κ2) is 9.71. The zero-order valence-electron chi connectivity index (χ0n) is 12.0. The third-order valence-corrected chi connectivity index (χ3v) is 3.18. The van der Waals surface area contributed by atoms with Crippen molar-refractivity contribution in [3.05, 3.63) is 12.3 Å². The van der Waals surface area contributed by atoms with Crippen molar-refractivity contribution in [3.8, 4) is 0 Å². The topological polar surface area (TPSA) is 88.1 Å². The third kappa shape index (κ3) is 8.11. The number of hydrogen-bond donors (Lipinski definition) is 4. The molecule has 1 heterocycles. The van der Waals surface area contributed by atoms with Crippen molar-refractivity contribution >= 4 is 5.97 Å². The lowest BCUT2D eigenvalue weighted by Crippen LogP contribution is -2.44. The van der Waals surface area contributed by atoms with Crippen LogP contribution in [-0.2, 0) is 4.79 Å². The van der Waals surface area contributed by atoms with E-state index in [1.165, 1.54) is 0 Å². The van der Waals surface area contributed by atoms with Crippen LogP contribution < -0.4 is 10.6 Å². The molecule has 0 aromatic carbocycles. The van der Waals surface area contributed by atoms with E-state index in [4.69, 9.17) is 5.11 Å². The zero-order valence-corrected chi connectivity index (χ0v) is 12.0. The van der Waals surface area contributed by atoms with Crippen molar-refractivity contribution in [2.45, 2.75) is 0 Å². The first-order valence-electron chi connectivity index (χ1n) is 7.02. The monoisotopic (exact) mass is 286 g/mol. The molecule has 7 heteroatoms. The van der Waals surface area contributed by atoms with Gasteiger partial charge in [0.25, 0.3) is 0 Å². The second-order valence-corrected chi connectivity index (χ2v) is 5.01. The highest BCUT2D eigenvalue weighted by atomic mass is 16.4. The van der Waals surface area contributed by atoms with E-state index in [0.29, 0.717) is 6.54 Å². The molecule has 4 N–H and O–H groups in total. The fraction of sp³-hybridized carbons (Fsp3) is 0.769. The van der Waals surface area contributed by atoms with Crippen LogP contribution in [0.15, 0.2) is 12.3 Å². The van der Waals surface area contributed by atoms with Gasteiger partial charge < -0.3 is 20.8 Å². The molecule has 1 aliphatic rings. The predicted molar refractivity (Wildman–Crippen MR) is 78.0 cm³/mol. The second-order valence-electron chi connectivity index (χ2n) is 5.01. The van der Waals surface area contributed by atoms with Gasteiger partial charge in [-0.25, -0.2) is 0 Å². The fourth-order valence-electron chi connectivity index (χ4n) is 2.19. The van der Waals surface area contributed by atoms with E-state index >= 15 is 0 Å². The Morgan fingerprint density at radius 2 is 1.30 bits per heavy atom. The summed E-state index contributed by atoms with van der Waals surface area (Å²) in [5.41, 5.74) is 0. The van der Waals surface area contributed by atoms with E-state index in [1.54, 1.807) is 0 Å². The summed E-state index contributed by atoms with van der Waals surface area (Å²) in [6.45, 7) is 10.4. The lowest BCUT2D eigenvalue weighted by Gasteiger charge is -2.25. The van der Waals surface area contributed by atoms with Crippen LogP contribution in [0.1, 0.15) is 0 Å². The van der Waals surface area contributed by atoms with E-state index in [-0.39, 0.29) is 12.3 Å². The largest absolute Gasteiger partial charge is 0.512 e. The molecule has 1 rings (SSSR count). The number of aliphatic carboxylic acids is 1. The first-order chi connectivity index (χ1) is 9.58. The number of aliphatic hydroxyl groups is 1. The van der Waals surface area contributed by atoms with Crippen LogP contribution in [0.3, 0.4) is 0 Å². The quantitative estimate of drug-likeness (QED) is 0.490. The van der Waals surface area contributed by atoms with E-state index < -0.39 is 5.97 Å². The highest BCUT2D eigenvalue weighted by molar-refractivity contribution is 5.69. The van der Waals surface area contributed by atoms with E-state index in [0.717, 1.165) is 52.4 Å². The Balaban J connectivity index is 2.37. The molecule has 0 aliphatic carbocycles. The average Bonchev–Trinajstić information content (AvgIpc) is 2.33. The number of carbonyl (C=O) groups is 1. The van der Waals surface area contributed by atoms with Gasteiger partial charge in [0.1, 0.15) is 0 Å². The highest BCUT2D eigenvalue weighted by Gasteiger charge is 2.11. The van der Waals surface area contributed by atoms with Crippen LogP contribution >= 0.6 is 0 Å². The Bertz CT molecular complexity index is 270. The highest BCUT2D eigenvalue weighted by Crippen LogP contribution is 1.93. The molecule has 116 valence electrons. The molecule has 0 unspecified atom stereocenters. The van der Waals surface area contributed by atoms with Crippen LogP contribution in [0.4, 0.5) is 0 Å². The van der Waals surface area contributed by atoms with Gasteiger partial charge in [0.2, 0.25) is 0 Å². The number of nitrogens with zero attached hydrogens (tertiary/aromatic N) is 2. The molecule has 20 heavy (non-hydrogen) atoms. The first-order valence-corrected chi connectivity index (χ1v) is 7.02. The minimum absolute atomic E-state index is 0.0832. The summed E-state index contributed by atoms with van der Waals surface area (Å²) in [7, 11) is 0. The number of nitrogens with one attached hydrogen (secondary N) is 2. The normalized spacial score (nSPS) is 20.8. The van der Waals surface area contributed by atoms with E-state index in [2.05, 4.69) is 22.1 Å². The molecule has 0 aromatic rings. The van der Waals surface area contributed by atoms with Gasteiger partial charge in [-0.3, -0.25) is 14.6 Å². The van der Waals surface area contributed by atoms with Gasteiger partial charge >= 0.3 is 5.97 Å². The maximum atomic E-state index is 10.8. The number of hydrogen-bond acceptors (Lipinski definition) is 6. The SMILES string of the molecule is C=C(O)CN1CCNCCN(CC(=O)O)CCNCC1. The van der Waals surface area contributed by atoms with Crippen LogP contribution in [0.25, 0.3) is 0 Å². The summed E-state index contributed by atoms with van der Waals surface area (Å²) in [4.78, 5) is 14.8. The first kappa shape index (κ1) is 16.9. The molecule has 0 atom stereocenters. The van der Waals surface area contributed by atoms with Gasteiger partial charge in [0.15, 0.2) is 0 Å². The van der Waals surface area contributed by atoms with Crippen LogP contribution in [0.5, 0.6) is 0 Å². The number of carboxylic acids is 1. The van der Waals surface area contributed by atoms with Crippen molar-refractivity contribution in [1.29, 1.82) is 0 Å².